The summed E-state index contributed by atoms with van der Waals surface area (Å²) in [5.74, 6) is 0.702. The second kappa shape index (κ2) is 10.7. The van der Waals surface area contributed by atoms with Gasteiger partial charge in [-0.25, -0.2) is 0 Å². The SMILES string of the molecule is CCCCOC(=O)CCCCC(=O)Oc1ccc(OC)cc1. The van der Waals surface area contributed by atoms with Crippen LogP contribution < -0.4 is 9.47 Å². The summed E-state index contributed by atoms with van der Waals surface area (Å²) in [6.07, 6.45) is 3.76. The van der Waals surface area contributed by atoms with Crippen molar-refractivity contribution in [3.63, 3.8) is 0 Å². The van der Waals surface area contributed by atoms with Gasteiger partial charge in [-0.2, -0.15) is 0 Å². The molecule has 0 unspecified atom stereocenters. The first-order chi connectivity index (χ1) is 10.7. The molecule has 0 aliphatic heterocycles. The molecule has 0 saturated carbocycles. The van der Waals surface area contributed by atoms with E-state index in [2.05, 4.69) is 0 Å². The Kier molecular flexibility index (Phi) is 8.72. The molecule has 22 heavy (non-hydrogen) atoms. The maximum atomic E-state index is 11.7. The van der Waals surface area contributed by atoms with E-state index in [1.54, 1.807) is 31.4 Å². The Balaban J connectivity index is 2.13. The minimum absolute atomic E-state index is 0.197. The van der Waals surface area contributed by atoms with E-state index in [1.165, 1.54) is 0 Å². The summed E-state index contributed by atoms with van der Waals surface area (Å²) in [6, 6.07) is 6.83. The van der Waals surface area contributed by atoms with Gasteiger partial charge in [0.2, 0.25) is 0 Å². The zero-order chi connectivity index (χ0) is 16.2. The van der Waals surface area contributed by atoms with Crippen molar-refractivity contribution in [2.45, 2.75) is 45.4 Å². The summed E-state index contributed by atoms with van der Waals surface area (Å²) >= 11 is 0. The van der Waals surface area contributed by atoms with Gasteiger partial charge in [0.15, 0.2) is 0 Å². The van der Waals surface area contributed by atoms with E-state index >= 15 is 0 Å². The molecule has 0 bridgehead atoms. The maximum Gasteiger partial charge on any atom is 0.311 e. The molecule has 0 amide bonds. The van der Waals surface area contributed by atoms with Gasteiger partial charge < -0.3 is 14.2 Å². The molecule has 5 heteroatoms. The van der Waals surface area contributed by atoms with Gasteiger partial charge in [-0.15, -0.1) is 0 Å². The first-order valence-corrected chi connectivity index (χ1v) is 7.66. The number of esters is 2. The lowest BCUT2D eigenvalue weighted by Gasteiger charge is -2.06. The Morgan fingerprint density at radius 3 is 2.09 bits per heavy atom. The average molecular weight is 308 g/mol. The number of benzene rings is 1. The van der Waals surface area contributed by atoms with Crippen LogP contribution in [0.3, 0.4) is 0 Å². The molecule has 5 nitrogen and oxygen atoms in total. The van der Waals surface area contributed by atoms with E-state index in [4.69, 9.17) is 14.2 Å². The van der Waals surface area contributed by atoms with E-state index in [0.29, 0.717) is 37.4 Å². The van der Waals surface area contributed by atoms with E-state index in [0.717, 1.165) is 12.8 Å². The normalized spacial score (nSPS) is 10.1. The average Bonchev–Trinajstić information content (AvgIpc) is 2.52. The number of rotatable bonds is 10. The summed E-state index contributed by atoms with van der Waals surface area (Å²) in [4.78, 5) is 23.0. The highest BCUT2D eigenvalue weighted by Crippen LogP contribution is 2.17. The van der Waals surface area contributed by atoms with Crippen LogP contribution in [0.25, 0.3) is 0 Å². The second-order valence-corrected chi connectivity index (χ2v) is 4.93. The summed E-state index contributed by atoms with van der Waals surface area (Å²) in [5, 5.41) is 0. The fourth-order valence-electron chi connectivity index (χ4n) is 1.77. The topological polar surface area (TPSA) is 61.8 Å². The Bertz CT molecular complexity index is 453. The molecular weight excluding hydrogens is 284 g/mol. The quantitative estimate of drug-likeness (QED) is 0.376. The molecule has 0 fully saturated rings. The largest absolute Gasteiger partial charge is 0.497 e. The van der Waals surface area contributed by atoms with E-state index in [9.17, 15) is 9.59 Å². The van der Waals surface area contributed by atoms with Crippen molar-refractivity contribution in [2.24, 2.45) is 0 Å². The highest BCUT2D eigenvalue weighted by atomic mass is 16.5. The molecule has 0 spiro atoms. The van der Waals surface area contributed by atoms with Crippen molar-refractivity contribution >= 4 is 11.9 Å². The van der Waals surface area contributed by atoms with Crippen LogP contribution in [0.4, 0.5) is 0 Å². The van der Waals surface area contributed by atoms with Crippen molar-refractivity contribution in [3.8, 4) is 11.5 Å². The predicted molar refractivity (Wildman–Crippen MR) is 83.0 cm³/mol. The van der Waals surface area contributed by atoms with Crippen molar-refractivity contribution < 1.29 is 23.8 Å². The number of hydrogen-bond acceptors (Lipinski definition) is 5. The van der Waals surface area contributed by atoms with Gasteiger partial charge in [-0.05, 0) is 43.5 Å². The van der Waals surface area contributed by atoms with Crippen LogP contribution in [-0.4, -0.2) is 25.7 Å². The first-order valence-electron chi connectivity index (χ1n) is 7.66. The summed E-state index contributed by atoms with van der Waals surface area (Å²) < 4.78 is 15.3. The Morgan fingerprint density at radius 1 is 0.909 bits per heavy atom. The molecule has 0 aromatic heterocycles. The minimum atomic E-state index is -0.301. The van der Waals surface area contributed by atoms with Gasteiger partial charge in [-0.1, -0.05) is 13.3 Å². The van der Waals surface area contributed by atoms with Crippen LogP contribution in [0.5, 0.6) is 11.5 Å². The molecule has 1 aromatic rings. The number of carbonyl (C=O) groups excluding carboxylic acids is 2. The van der Waals surface area contributed by atoms with Gasteiger partial charge in [0.1, 0.15) is 11.5 Å². The highest BCUT2D eigenvalue weighted by Gasteiger charge is 2.07. The van der Waals surface area contributed by atoms with E-state index in [1.807, 2.05) is 6.92 Å². The summed E-state index contributed by atoms with van der Waals surface area (Å²) in [5.41, 5.74) is 0. The van der Waals surface area contributed by atoms with Gasteiger partial charge in [-0.3, -0.25) is 9.59 Å². The van der Waals surface area contributed by atoms with Gasteiger partial charge >= 0.3 is 11.9 Å². The highest BCUT2D eigenvalue weighted by molar-refractivity contribution is 5.72. The third-order valence-corrected chi connectivity index (χ3v) is 3.06. The van der Waals surface area contributed by atoms with Crippen LogP contribution >= 0.6 is 0 Å². The monoisotopic (exact) mass is 308 g/mol. The van der Waals surface area contributed by atoms with E-state index < -0.39 is 0 Å². The number of hydrogen-bond donors (Lipinski definition) is 0. The fourth-order valence-corrected chi connectivity index (χ4v) is 1.77. The molecule has 0 aliphatic rings. The first kappa shape index (κ1) is 18.0. The number of ether oxygens (including phenoxy) is 3. The number of methoxy groups -OCH3 is 1. The van der Waals surface area contributed by atoms with Crippen LogP contribution in [-0.2, 0) is 14.3 Å². The van der Waals surface area contributed by atoms with Crippen molar-refractivity contribution in [3.05, 3.63) is 24.3 Å². The van der Waals surface area contributed by atoms with Crippen molar-refractivity contribution in [2.75, 3.05) is 13.7 Å². The Labute approximate surface area is 131 Å². The second-order valence-electron chi connectivity index (χ2n) is 4.93. The molecule has 0 saturated heterocycles. The smallest absolute Gasteiger partial charge is 0.311 e. The van der Waals surface area contributed by atoms with Gasteiger partial charge in [0.05, 0.1) is 13.7 Å². The zero-order valence-electron chi connectivity index (χ0n) is 13.3. The number of carbonyl (C=O) groups is 2. The van der Waals surface area contributed by atoms with Crippen molar-refractivity contribution in [1.82, 2.24) is 0 Å². The molecule has 0 N–H and O–H groups in total. The molecular formula is C17H24O5. The van der Waals surface area contributed by atoms with Gasteiger partial charge in [0, 0.05) is 12.8 Å². The summed E-state index contributed by atoms with van der Waals surface area (Å²) in [6.45, 7) is 2.52. The van der Waals surface area contributed by atoms with Crippen molar-refractivity contribution in [1.29, 1.82) is 0 Å². The predicted octanol–water partition coefficient (Wildman–Crippen LogP) is 3.50. The molecule has 1 rings (SSSR count). The van der Waals surface area contributed by atoms with Crippen LogP contribution in [0.15, 0.2) is 24.3 Å². The standard InChI is InChI=1S/C17H24O5/c1-3-4-13-21-16(18)7-5-6-8-17(19)22-15-11-9-14(20-2)10-12-15/h9-12H,3-8,13H2,1-2H3. The van der Waals surface area contributed by atoms with Gasteiger partial charge in [0.25, 0.3) is 0 Å². The van der Waals surface area contributed by atoms with E-state index in [-0.39, 0.29) is 18.4 Å². The Morgan fingerprint density at radius 2 is 1.50 bits per heavy atom. The lowest BCUT2D eigenvalue weighted by molar-refractivity contribution is -0.144. The molecule has 0 aliphatic carbocycles. The molecule has 1 aromatic carbocycles. The van der Waals surface area contributed by atoms with Crippen LogP contribution in [0, 0.1) is 0 Å². The zero-order valence-corrected chi connectivity index (χ0v) is 13.3. The summed E-state index contributed by atoms with van der Waals surface area (Å²) in [7, 11) is 1.58. The molecule has 0 atom stereocenters. The lowest BCUT2D eigenvalue weighted by Crippen LogP contribution is -2.09. The number of unbranched alkanes of at least 4 members (excludes halogenated alkanes) is 2. The van der Waals surface area contributed by atoms with Crippen LogP contribution in [0.1, 0.15) is 45.4 Å². The third-order valence-electron chi connectivity index (χ3n) is 3.06. The lowest BCUT2D eigenvalue weighted by atomic mass is 10.2. The maximum absolute atomic E-state index is 11.7. The molecule has 0 heterocycles. The van der Waals surface area contributed by atoms with Crippen LogP contribution in [0.2, 0.25) is 0 Å². The fraction of sp³-hybridized carbons (Fsp3) is 0.529. The third kappa shape index (κ3) is 7.67. The Hall–Kier alpha value is -2.04. The molecule has 0 radical (unpaired) electrons. The minimum Gasteiger partial charge on any atom is -0.497 e. The molecule has 122 valence electrons.